The lowest BCUT2D eigenvalue weighted by Gasteiger charge is -2.19. The molecule has 1 aromatic carbocycles. The van der Waals surface area contributed by atoms with Crippen molar-refractivity contribution in [1.29, 1.82) is 0 Å². The van der Waals surface area contributed by atoms with Crippen molar-refractivity contribution in [1.82, 2.24) is 5.32 Å². The minimum atomic E-state index is -0.137. The molecule has 0 aliphatic carbocycles. The maximum Gasteiger partial charge on any atom is 0.230 e. The smallest absolute Gasteiger partial charge is 0.230 e. The van der Waals surface area contributed by atoms with Gasteiger partial charge in [-0.25, -0.2) is 0 Å². The molecule has 3 nitrogen and oxygen atoms in total. The lowest BCUT2D eigenvalue weighted by molar-refractivity contribution is -0.119. The lowest BCUT2D eigenvalue weighted by atomic mass is 10.1. The Bertz CT molecular complexity index is 368. The summed E-state index contributed by atoms with van der Waals surface area (Å²) in [5, 5.41) is 12.0. The van der Waals surface area contributed by atoms with Crippen molar-refractivity contribution in [2.45, 2.75) is 26.3 Å². The second-order valence-electron chi connectivity index (χ2n) is 4.89. The number of amides is 1. The first kappa shape index (κ1) is 16.1. The van der Waals surface area contributed by atoms with E-state index in [2.05, 4.69) is 17.4 Å². The van der Waals surface area contributed by atoms with E-state index >= 15 is 0 Å². The van der Waals surface area contributed by atoms with Crippen molar-refractivity contribution >= 4 is 17.7 Å². The molecule has 0 unspecified atom stereocenters. The van der Waals surface area contributed by atoms with Crippen LogP contribution in [0.3, 0.4) is 0 Å². The van der Waals surface area contributed by atoms with Gasteiger partial charge in [0, 0.05) is 0 Å². The van der Waals surface area contributed by atoms with Gasteiger partial charge < -0.3 is 10.4 Å². The van der Waals surface area contributed by atoms with Crippen LogP contribution >= 0.6 is 11.8 Å². The number of aliphatic hydroxyl groups is 1. The van der Waals surface area contributed by atoms with Crippen molar-refractivity contribution in [2.75, 3.05) is 18.1 Å². The molecule has 0 aromatic heterocycles. The summed E-state index contributed by atoms with van der Waals surface area (Å²) in [6.45, 7) is 3.98. The van der Waals surface area contributed by atoms with E-state index in [1.807, 2.05) is 32.0 Å². The molecule has 0 saturated heterocycles. The first-order valence-electron chi connectivity index (χ1n) is 6.65. The first-order chi connectivity index (χ1) is 9.13. The average molecular weight is 281 g/mol. The monoisotopic (exact) mass is 281 g/mol. The topological polar surface area (TPSA) is 49.3 Å². The molecule has 0 heterocycles. The van der Waals surface area contributed by atoms with E-state index in [1.165, 1.54) is 5.56 Å². The molecule has 1 amide bonds. The molecular formula is C15H23NO2S. The van der Waals surface area contributed by atoms with E-state index in [4.69, 9.17) is 5.11 Å². The molecule has 0 spiro atoms. The summed E-state index contributed by atoms with van der Waals surface area (Å²) in [6.07, 6.45) is 0.979. The zero-order valence-corrected chi connectivity index (χ0v) is 12.5. The number of aryl methyl sites for hydroxylation is 1. The highest BCUT2D eigenvalue weighted by molar-refractivity contribution is 7.99. The molecule has 0 fully saturated rings. The Hall–Kier alpha value is -1.00. The van der Waals surface area contributed by atoms with Crippen molar-refractivity contribution in [3.05, 3.63) is 35.9 Å². The third-order valence-corrected chi connectivity index (χ3v) is 3.92. The summed E-state index contributed by atoms with van der Waals surface area (Å²) in [5.41, 5.74) is 1.30. The Balaban J connectivity index is 2.17. The van der Waals surface area contributed by atoms with E-state index in [0.717, 1.165) is 12.2 Å². The number of hydrogen-bond acceptors (Lipinski definition) is 3. The second kappa shape index (κ2) is 8.99. The van der Waals surface area contributed by atoms with E-state index in [0.29, 0.717) is 5.75 Å². The normalized spacial score (nSPS) is 12.4. The number of hydrogen-bond donors (Lipinski definition) is 2. The minimum absolute atomic E-state index is 0.00190. The molecule has 0 aliphatic heterocycles. The predicted octanol–water partition coefficient (Wildman–Crippen LogP) is 2.10. The fourth-order valence-corrected chi connectivity index (χ4v) is 2.46. The summed E-state index contributed by atoms with van der Waals surface area (Å²) >= 11 is 1.63. The van der Waals surface area contributed by atoms with Crippen LogP contribution in [0.15, 0.2) is 30.3 Å². The van der Waals surface area contributed by atoms with Crippen LogP contribution in [0.25, 0.3) is 0 Å². The Morgan fingerprint density at radius 2 is 2.00 bits per heavy atom. The Labute approximate surface area is 119 Å². The van der Waals surface area contributed by atoms with Crippen LogP contribution in [0.2, 0.25) is 0 Å². The molecule has 0 radical (unpaired) electrons. The van der Waals surface area contributed by atoms with Crippen LogP contribution in [0.5, 0.6) is 0 Å². The largest absolute Gasteiger partial charge is 0.394 e. The molecule has 0 bridgehead atoms. The molecule has 106 valence electrons. The Morgan fingerprint density at radius 1 is 1.32 bits per heavy atom. The zero-order valence-electron chi connectivity index (χ0n) is 11.6. The SMILES string of the molecule is CC(C)[C@@H](CO)NC(=O)CSCCc1ccccc1. The fourth-order valence-electron chi connectivity index (χ4n) is 1.67. The third kappa shape index (κ3) is 6.64. The van der Waals surface area contributed by atoms with Gasteiger partial charge in [-0.15, -0.1) is 0 Å². The number of benzene rings is 1. The molecule has 1 aromatic rings. The average Bonchev–Trinajstić information content (AvgIpc) is 2.42. The van der Waals surface area contributed by atoms with Crippen LogP contribution in [0.1, 0.15) is 19.4 Å². The van der Waals surface area contributed by atoms with Crippen LogP contribution in [0, 0.1) is 5.92 Å². The third-order valence-electron chi connectivity index (χ3n) is 2.96. The quantitative estimate of drug-likeness (QED) is 0.717. The van der Waals surface area contributed by atoms with Crippen LogP contribution in [-0.4, -0.2) is 35.2 Å². The second-order valence-corrected chi connectivity index (χ2v) is 5.99. The molecule has 19 heavy (non-hydrogen) atoms. The standard InChI is InChI=1S/C15H23NO2S/c1-12(2)14(10-17)16-15(18)11-19-9-8-13-6-4-3-5-7-13/h3-7,12,14,17H,8-11H2,1-2H3,(H,16,18)/t14-/m1/s1. The lowest BCUT2D eigenvalue weighted by Crippen LogP contribution is -2.42. The Kier molecular flexibility index (Phi) is 7.60. The van der Waals surface area contributed by atoms with Gasteiger partial charge in [0.1, 0.15) is 0 Å². The van der Waals surface area contributed by atoms with E-state index in [1.54, 1.807) is 11.8 Å². The first-order valence-corrected chi connectivity index (χ1v) is 7.81. The highest BCUT2D eigenvalue weighted by atomic mass is 32.2. The summed E-state index contributed by atoms with van der Waals surface area (Å²) in [4.78, 5) is 11.7. The Morgan fingerprint density at radius 3 is 2.58 bits per heavy atom. The van der Waals surface area contributed by atoms with Crippen LogP contribution in [-0.2, 0) is 11.2 Å². The number of carbonyl (C=O) groups excluding carboxylic acids is 1. The number of rotatable bonds is 8. The van der Waals surface area contributed by atoms with E-state index in [9.17, 15) is 4.79 Å². The summed E-state index contributed by atoms with van der Waals surface area (Å²) < 4.78 is 0. The summed E-state index contributed by atoms with van der Waals surface area (Å²) in [5.74, 6) is 1.65. The van der Waals surface area contributed by atoms with Crippen LogP contribution < -0.4 is 5.32 Å². The number of thioether (sulfide) groups is 1. The van der Waals surface area contributed by atoms with Gasteiger partial charge in [-0.3, -0.25) is 4.79 Å². The predicted molar refractivity (Wildman–Crippen MR) is 81.3 cm³/mol. The zero-order chi connectivity index (χ0) is 14.1. The number of carbonyl (C=O) groups is 1. The highest BCUT2D eigenvalue weighted by Crippen LogP contribution is 2.07. The molecular weight excluding hydrogens is 258 g/mol. The minimum Gasteiger partial charge on any atom is -0.394 e. The van der Waals surface area contributed by atoms with Gasteiger partial charge in [-0.1, -0.05) is 44.2 Å². The van der Waals surface area contributed by atoms with Crippen molar-refractivity contribution < 1.29 is 9.90 Å². The van der Waals surface area contributed by atoms with Gasteiger partial charge in [0.05, 0.1) is 18.4 Å². The highest BCUT2D eigenvalue weighted by Gasteiger charge is 2.14. The van der Waals surface area contributed by atoms with Gasteiger partial charge in [-0.2, -0.15) is 11.8 Å². The molecule has 1 atom stereocenters. The van der Waals surface area contributed by atoms with Gasteiger partial charge in [-0.05, 0) is 23.7 Å². The van der Waals surface area contributed by atoms with Gasteiger partial charge in [0.2, 0.25) is 5.91 Å². The molecule has 1 rings (SSSR count). The summed E-state index contributed by atoms with van der Waals surface area (Å²) in [6, 6.07) is 10.1. The number of nitrogens with one attached hydrogen (secondary N) is 1. The van der Waals surface area contributed by atoms with Crippen molar-refractivity contribution in [3.63, 3.8) is 0 Å². The summed E-state index contributed by atoms with van der Waals surface area (Å²) in [7, 11) is 0. The number of aliphatic hydroxyl groups excluding tert-OH is 1. The molecule has 4 heteroatoms. The fraction of sp³-hybridized carbons (Fsp3) is 0.533. The maximum absolute atomic E-state index is 11.7. The van der Waals surface area contributed by atoms with E-state index in [-0.39, 0.29) is 24.5 Å². The maximum atomic E-state index is 11.7. The molecule has 0 aliphatic rings. The van der Waals surface area contributed by atoms with Crippen molar-refractivity contribution in [3.8, 4) is 0 Å². The van der Waals surface area contributed by atoms with Gasteiger partial charge in [0.15, 0.2) is 0 Å². The molecule has 0 saturated carbocycles. The van der Waals surface area contributed by atoms with Crippen molar-refractivity contribution in [2.24, 2.45) is 5.92 Å². The molecule has 2 N–H and O–H groups in total. The van der Waals surface area contributed by atoms with E-state index < -0.39 is 0 Å². The van der Waals surface area contributed by atoms with Gasteiger partial charge >= 0.3 is 0 Å². The van der Waals surface area contributed by atoms with Crippen LogP contribution in [0.4, 0.5) is 0 Å². The van der Waals surface area contributed by atoms with Gasteiger partial charge in [0.25, 0.3) is 0 Å².